The van der Waals surface area contributed by atoms with Crippen molar-refractivity contribution < 1.29 is 9.13 Å². The van der Waals surface area contributed by atoms with Gasteiger partial charge in [0.1, 0.15) is 10.3 Å². The van der Waals surface area contributed by atoms with Gasteiger partial charge in [0.15, 0.2) is 11.6 Å². The molecular weight excluding hydrogens is 327 g/mol. The Morgan fingerprint density at radius 2 is 2.20 bits per heavy atom. The average Bonchev–Trinajstić information content (AvgIpc) is 3.26. The van der Waals surface area contributed by atoms with Crippen LogP contribution in [0.25, 0.3) is 11.4 Å². The quantitative estimate of drug-likeness (QED) is 0.934. The number of hydrogen-bond donors (Lipinski definition) is 1. The molecule has 0 atom stereocenters. The molecule has 4 nitrogen and oxygen atoms in total. The summed E-state index contributed by atoms with van der Waals surface area (Å²) in [6.45, 7) is 0. The van der Waals surface area contributed by atoms with Crippen molar-refractivity contribution in [1.82, 2.24) is 9.97 Å². The molecule has 2 aromatic rings. The lowest BCUT2D eigenvalue weighted by Gasteiger charge is -2.07. The minimum Gasteiger partial charge on any atom is -0.494 e. The summed E-state index contributed by atoms with van der Waals surface area (Å²) in [4.78, 5) is 19.0. The van der Waals surface area contributed by atoms with Gasteiger partial charge in [0.25, 0.3) is 5.56 Å². The van der Waals surface area contributed by atoms with Crippen LogP contribution in [0.4, 0.5) is 4.39 Å². The third-order valence-corrected chi connectivity index (χ3v) is 4.04. The lowest BCUT2D eigenvalue weighted by atomic mass is 10.2. The predicted molar refractivity (Wildman–Crippen MR) is 76.5 cm³/mol. The molecule has 1 aromatic heterocycles. The monoisotopic (exact) mass is 338 g/mol. The van der Waals surface area contributed by atoms with E-state index in [1.165, 1.54) is 19.2 Å². The van der Waals surface area contributed by atoms with Gasteiger partial charge in [-0.05, 0) is 47.0 Å². The van der Waals surface area contributed by atoms with Crippen molar-refractivity contribution in [2.24, 2.45) is 0 Å². The van der Waals surface area contributed by atoms with Crippen LogP contribution in [0.15, 0.2) is 27.5 Å². The van der Waals surface area contributed by atoms with Gasteiger partial charge in [-0.1, -0.05) is 0 Å². The number of ether oxygens (including phenoxy) is 1. The van der Waals surface area contributed by atoms with E-state index in [-0.39, 0.29) is 11.3 Å². The van der Waals surface area contributed by atoms with E-state index in [1.807, 2.05) is 0 Å². The molecule has 3 rings (SSSR count). The van der Waals surface area contributed by atoms with Crippen molar-refractivity contribution in [2.75, 3.05) is 7.11 Å². The Labute approximate surface area is 123 Å². The number of hydrogen-bond acceptors (Lipinski definition) is 3. The maximum absolute atomic E-state index is 13.7. The summed E-state index contributed by atoms with van der Waals surface area (Å²) in [7, 11) is 1.41. The molecule has 20 heavy (non-hydrogen) atoms. The Bertz CT molecular complexity index is 726. The van der Waals surface area contributed by atoms with Crippen LogP contribution < -0.4 is 10.3 Å². The minimum atomic E-state index is -0.483. The van der Waals surface area contributed by atoms with Crippen LogP contribution in [0.2, 0.25) is 0 Å². The summed E-state index contributed by atoms with van der Waals surface area (Å²) >= 11 is 3.26. The fourth-order valence-electron chi connectivity index (χ4n) is 2.05. The van der Waals surface area contributed by atoms with Gasteiger partial charge in [0.05, 0.1) is 12.8 Å². The zero-order valence-corrected chi connectivity index (χ0v) is 12.3. The van der Waals surface area contributed by atoms with Gasteiger partial charge >= 0.3 is 0 Å². The van der Waals surface area contributed by atoms with Crippen LogP contribution in [0, 0.1) is 5.82 Å². The van der Waals surface area contributed by atoms with E-state index in [2.05, 4.69) is 25.9 Å². The zero-order chi connectivity index (χ0) is 14.3. The number of nitrogens with zero attached hydrogens (tertiary/aromatic N) is 1. The van der Waals surface area contributed by atoms with Gasteiger partial charge in [0, 0.05) is 11.5 Å². The number of aromatic amines is 1. The molecular formula is C14H12BrFN2O2. The highest BCUT2D eigenvalue weighted by Crippen LogP contribution is 2.41. The molecule has 1 fully saturated rings. The van der Waals surface area contributed by atoms with Gasteiger partial charge in [0.2, 0.25) is 0 Å². The molecule has 1 N–H and O–H groups in total. The molecule has 0 radical (unpaired) electrons. The fraction of sp³-hybridized carbons (Fsp3) is 0.286. The fourth-order valence-corrected chi connectivity index (χ4v) is 2.57. The largest absolute Gasteiger partial charge is 0.494 e. The molecule has 0 aliphatic heterocycles. The smallest absolute Gasteiger partial charge is 0.265 e. The molecule has 1 aliphatic carbocycles. The summed E-state index contributed by atoms with van der Waals surface area (Å²) in [6.07, 6.45) is 2.07. The number of methoxy groups -OCH3 is 1. The first-order valence-corrected chi connectivity index (χ1v) is 7.03. The summed E-state index contributed by atoms with van der Waals surface area (Å²) in [5.74, 6) is 0.384. The lowest BCUT2D eigenvalue weighted by molar-refractivity contribution is 0.386. The van der Waals surface area contributed by atoms with Gasteiger partial charge in [-0.2, -0.15) is 0 Å². The van der Waals surface area contributed by atoms with Crippen LogP contribution >= 0.6 is 15.9 Å². The third-order valence-electron chi connectivity index (χ3n) is 3.28. The molecule has 1 aromatic carbocycles. The first-order valence-electron chi connectivity index (χ1n) is 6.23. The van der Waals surface area contributed by atoms with E-state index in [9.17, 15) is 9.18 Å². The van der Waals surface area contributed by atoms with Crippen molar-refractivity contribution in [3.05, 3.63) is 44.5 Å². The first-order chi connectivity index (χ1) is 9.60. The van der Waals surface area contributed by atoms with E-state index in [0.29, 0.717) is 21.8 Å². The predicted octanol–water partition coefficient (Wildman–Crippen LogP) is 3.22. The zero-order valence-electron chi connectivity index (χ0n) is 10.7. The number of halogens is 2. The van der Waals surface area contributed by atoms with Crippen molar-refractivity contribution in [1.29, 1.82) is 0 Å². The van der Waals surface area contributed by atoms with Crippen LogP contribution in [0.3, 0.4) is 0 Å². The number of H-pyrrole nitrogens is 1. The van der Waals surface area contributed by atoms with Crippen LogP contribution in [0.5, 0.6) is 5.75 Å². The van der Waals surface area contributed by atoms with Crippen LogP contribution in [-0.4, -0.2) is 17.1 Å². The summed E-state index contributed by atoms with van der Waals surface area (Å²) in [6, 6.07) is 4.50. The second kappa shape index (κ2) is 5.01. The average molecular weight is 339 g/mol. The van der Waals surface area contributed by atoms with Crippen LogP contribution in [0.1, 0.15) is 24.5 Å². The molecule has 0 amide bonds. The highest BCUT2D eigenvalue weighted by Gasteiger charge is 2.29. The van der Waals surface area contributed by atoms with E-state index >= 15 is 0 Å². The van der Waals surface area contributed by atoms with E-state index in [4.69, 9.17) is 4.74 Å². The number of benzene rings is 1. The number of nitrogens with one attached hydrogen (secondary N) is 1. The molecule has 1 aliphatic rings. The normalized spacial score (nSPS) is 14.3. The van der Waals surface area contributed by atoms with Crippen molar-refractivity contribution in [2.45, 2.75) is 18.8 Å². The maximum Gasteiger partial charge on any atom is 0.265 e. The van der Waals surface area contributed by atoms with Gasteiger partial charge < -0.3 is 9.72 Å². The molecule has 104 valence electrons. The lowest BCUT2D eigenvalue weighted by Crippen LogP contribution is -2.13. The Morgan fingerprint density at radius 1 is 1.45 bits per heavy atom. The van der Waals surface area contributed by atoms with Gasteiger partial charge in [-0.3, -0.25) is 4.79 Å². The number of aromatic nitrogens is 2. The molecule has 1 heterocycles. The van der Waals surface area contributed by atoms with Crippen molar-refractivity contribution in [3.8, 4) is 17.1 Å². The van der Waals surface area contributed by atoms with Crippen molar-refractivity contribution in [3.63, 3.8) is 0 Å². The van der Waals surface area contributed by atoms with Crippen LogP contribution in [-0.2, 0) is 0 Å². The van der Waals surface area contributed by atoms with E-state index < -0.39 is 5.82 Å². The van der Waals surface area contributed by atoms with Crippen molar-refractivity contribution >= 4 is 15.9 Å². The summed E-state index contributed by atoms with van der Waals surface area (Å²) in [5, 5.41) is 0. The van der Waals surface area contributed by atoms with Gasteiger partial charge in [-0.15, -0.1) is 0 Å². The first kappa shape index (κ1) is 13.3. The molecule has 0 spiro atoms. The van der Waals surface area contributed by atoms with E-state index in [1.54, 1.807) is 6.07 Å². The molecule has 0 unspecified atom stereocenters. The Balaban J connectivity index is 2.10. The molecule has 1 saturated carbocycles. The second-order valence-corrected chi connectivity index (χ2v) is 5.53. The molecule has 0 bridgehead atoms. The van der Waals surface area contributed by atoms with Gasteiger partial charge in [-0.25, -0.2) is 9.37 Å². The SMILES string of the molecule is COc1ccc(-c2nc(C3CC3)c(Br)c(=O)[nH]2)cc1F. The highest BCUT2D eigenvalue weighted by atomic mass is 79.9. The molecule has 6 heteroatoms. The number of rotatable bonds is 3. The second-order valence-electron chi connectivity index (χ2n) is 4.74. The van der Waals surface area contributed by atoms with E-state index in [0.717, 1.165) is 18.5 Å². The third kappa shape index (κ3) is 2.35. The summed E-state index contributed by atoms with van der Waals surface area (Å²) < 4.78 is 19.1. The molecule has 0 saturated heterocycles. The summed E-state index contributed by atoms with van der Waals surface area (Å²) in [5.41, 5.74) is 1.03. The standard InChI is InChI=1S/C14H12BrFN2O2/c1-20-10-5-4-8(6-9(10)16)13-17-12(7-2-3-7)11(15)14(19)18-13/h4-7H,2-3H2,1H3,(H,17,18,19). The topological polar surface area (TPSA) is 55.0 Å². The minimum absolute atomic E-state index is 0.163. The Kier molecular flexibility index (Phi) is 3.33. The highest BCUT2D eigenvalue weighted by molar-refractivity contribution is 9.10. The Morgan fingerprint density at radius 3 is 2.80 bits per heavy atom. The Hall–Kier alpha value is -1.69. The maximum atomic E-state index is 13.7.